The van der Waals surface area contributed by atoms with E-state index in [2.05, 4.69) is 21.9 Å². The van der Waals surface area contributed by atoms with Crippen LogP contribution in [0, 0.1) is 11.8 Å². The van der Waals surface area contributed by atoms with Crippen LogP contribution in [0.25, 0.3) is 11.0 Å². The maximum absolute atomic E-state index is 14.5. The number of halogens is 1. The van der Waals surface area contributed by atoms with Crippen LogP contribution in [0.5, 0.6) is 0 Å². The first-order chi connectivity index (χ1) is 9.13. The molecule has 0 aromatic carbocycles. The van der Waals surface area contributed by atoms with E-state index in [1.54, 1.807) is 6.20 Å². The molecule has 3 rings (SSSR count). The summed E-state index contributed by atoms with van der Waals surface area (Å²) in [7, 11) is 0. The summed E-state index contributed by atoms with van der Waals surface area (Å²) in [5.41, 5.74) is 1.69. The third kappa shape index (κ3) is 1.79. The number of hydrogen-bond acceptors (Lipinski definition) is 2. The SMILES string of the molecule is CC[C@H]1C[C@@H](c2c[nH]c3c(=O)[nH]cnc23)[C@@H](F)[C@@H]1C. The van der Waals surface area contributed by atoms with Gasteiger partial charge in [0.1, 0.15) is 11.7 Å². The Bertz CT molecular complexity index is 647. The zero-order valence-corrected chi connectivity index (χ0v) is 11.1. The Morgan fingerprint density at radius 1 is 1.47 bits per heavy atom. The Balaban J connectivity index is 2.06. The van der Waals surface area contributed by atoms with Crippen molar-refractivity contribution in [3.05, 3.63) is 28.4 Å². The minimum atomic E-state index is -0.856. The van der Waals surface area contributed by atoms with Crippen molar-refractivity contribution in [3.8, 4) is 0 Å². The molecule has 1 aliphatic carbocycles. The highest BCUT2D eigenvalue weighted by atomic mass is 19.1. The van der Waals surface area contributed by atoms with Gasteiger partial charge in [-0.25, -0.2) is 9.37 Å². The smallest absolute Gasteiger partial charge is 0.275 e. The number of alkyl halides is 1. The zero-order chi connectivity index (χ0) is 13.6. The average Bonchev–Trinajstić information content (AvgIpc) is 2.94. The molecule has 4 nitrogen and oxygen atoms in total. The summed E-state index contributed by atoms with van der Waals surface area (Å²) in [6.07, 6.45) is 4.10. The molecule has 1 aliphatic rings. The van der Waals surface area contributed by atoms with Crippen molar-refractivity contribution in [1.82, 2.24) is 15.0 Å². The maximum atomic E-state index is 14.5. The lowest BCUT2D eigenvalue weighted by molar-refractivity contribution is 0.231. The molecule has 0 amide bonds. The molecule has 1 saturated carbocycles. The van der Waals surface area contributed by atoms with Crippen molar-refractivity contribution < 1.29 is 4.39 Å². The van der Waals surface area contributed by atoms with E-state index in [1.165, 1.54) is 6.33 Å². The molecule has 0 unspecified atom stereocenters. The summed E-state index contributed by atoms with van der Waals surface area (Å²) < 4.78 is 14.5. The summed E-state index contributed by atoms with van der Waals surface area (Å²) >= 11 is 0. The van der Waals surface area contributed by atoms with Gasteiger partial charge in [0, 0.05) is 17.7 Å². The van der Waals surface area contributed by atoms with Crippen molar-refractivity contribution in [1.29, 1.82) is 0 Å². The van der Waals surface area contributed by atoms with Crippen LogP contribution in [0.4, 0.5) is 4.39 Å². The van der Waals surface area contributed by atoms with E-state index in [0.717, 1.165) is 18.4 Å². The fraction of sp³-hybridized carbons (Fsp3) is 0.571. The third-order valence-corrected chi connectivity index (χ3v) is 4.61. The molecule has 19 heavy (non-hydrogen) atoms. The van der Waals surface area contributed by atoms with E-state index >= 15 is 0 Å². The quantitative estimate of drug-likeness (QED) is 0.875. The van der Waals surface area contributed by atoms with Crippen molar-refractivity contribution >= 4 is 11.0 Å². The lowest BCUT2D eigenvalue weighted by Gasteiger charge is -2.14. The minimum Gasteiger partial charge on any atom is -0.355 e. The molecule has 0 bridgehead atoms. The molecular formula is C14H18FN3O. The number of H-pyrrole nitrogens is 2. The average molecular weight is 263 g/mol. The van der Waals surface area contributed by atoms with Crippen LogP contribution in [-0.2, 0) is 0 Å². The molecule has 2 aromatic heterocycles. The lowest BCUT2D eigenvalue weighted by atomic mass is 9.95. The fourth-order valence-electron chi connectivity index (χ4n) is 3.39. The van der Waals surface area contributed by atoms with Gasteiger partial charge >= 0.3 is 0 Å². The normalized spacial score (nSPS) is 31.1. The van der Waals surface area contributed by atoms with Crippen LogP contribution < -0.4 is 5.56 Å². The predicted molar refractivity (Wildman–Crippen MR) is 71.9 cm³/mol. The number of hydrogen-bond donors (Lipinski definition) is 2. The Morgan fingerprint density at radius 2 is 2.26 bits per heavy atom. The van der Waals surface area contributed by atoms with Crippen LogP contribution in [0.15, 0.2) is 17.3 Å². The molecule has 2 N–H and O–H groups in total. The van der Waals surface area contributed by atoms with E-state index in [0.29, 0.717) is 17.0 Å². The van der Waals surface area contributed by atoms with Gasteiger partial charge in [0.15, 0.2) is 0 Å². The highest BCUT2D eigenvalue weighted by molar-refractivity contribution is 5.78. The lowest BCUT2D eigenvalue weighted by Crippen LogP contribution is -2.14. The van der Waals surface area contributed by atoms with Gasteiger partial charge in [-0.05, 0) is 18.3 Å². The molecular weight excluding hydrogens is 245 g/mol. The second-order valence-corrected chi connectivity index (χ2v) is 5.51. The van der Waals surface area contributed by atoms with E-state index in [4.69, 9.17) is 0 Å². The molecule has 2 heterocycles. The Hall–Kier alpha value is -1.65. The summed E-state index contributed by atoms with van der Waals surface area (Å²) in [4.78, 5) is 21.3. The van der Waals surface area contributed by atoms with Crippen molar-refractivity contribution in [2.75, 3.05) is 0 Å². The van der Waals surface area contributed by atoms with Gasteiger partial charge < -0.3 is 9.97 Å². The van der Waals surface area contributed by atoms with E-state index < -0.39 is 6.17 Å². The highest BCUT2D eigenvalue weighted by Crippen LogP contribution is 2.46. The van der Waals surface area contributed by atoms with Crippen molar-refractivity contribution in [3.63, 3.8) is 0 Å². The summed E-state index contributed by atoms with van der Waals surface area (Å²) in [5.74, 6) is 0.330. The van der Waals surface area contributed by atoms with Gasteiger partial charge in [-0.1, -0.05) is 20.3 Å². The molecule has 102 valence electrons. The van der Waals surface area contributed by atoms with Gasteiger partial charge in [-0.15, -0.1) is 0 Å². The van der Waals surface area contributed by atoms with E-state index in [1.807, 2.05) is 6.92 Å². The highest BCUT2D eigenvalue weighted by Gasteiger charge is 2.41. The first kappa shape index (κ1) is 12.4. The Morgan fingerprint density at radius 3 is 2.95 bits per heavy atom. The number of aromatic amines is 2. The third-order valence-electron chi connectivity index (χ3n) is 4.61. The van der Waals surface area contributed by atoms with Gasteiger partial charge in [-0.2, -0.15) is 0 Å². The molecule has 0 aliphatic heterocycles. The summed E-state index contributed by atoms with van der Waals surface area (Å²) in [6.45, 7) is 4.09. The van der Waals surface area contributed by atoms with E-state index in [-0.39, 0.29) is 17.4 Å². The van der Waals surface area contributed by atoms with Crippen LogP contribution in [-0.4, -0.2) is 21.1 Å². The van der Waals surface area contributed by atoms with Crippen LogP contribution >= 0.6 is 0 Å². The molecule has 4 atom stereocenters. The summed E-state index contributed by atoms with van der Waals surface area (Å²) in [6, 6.07) is 0. The first-order valence-electron chi connectivity index (χ1n) is 6.82. The molecule has 5 heteroatoms. The number of aromatic nitrogens is 3. The van der Waals surface area contributed by atoms with Gasteiger partial charge in [0.05, 0.1) is 11.8 Å². The minimum absolute atomic E-state index is 0.0712. The van der Waals surface area contributed by atoms with Crippen molar-refractivity contribution in [2.24, 2.45) is 11.8 Å². The Kier molecular flexibility index (Phi) is 2.92. The predicted octanol–water partition coefficient (Wildman–Crippen LogP) is 2.74. The number of fused-ring (bicyclic) bond motifs is 1. The second-order valence-electron chi connectivity index (χ2n) is 5.51. The monoisotopic (exact) mass is 263 g/mol. The second kappa shape index (κ2) is 4.47. The number of rotatable bonds is 2. The van der Waals surface area contributed by atoms with Crippen LogP contribution in [0.2, 0.25) is 0 Å². The van der Waals surface area contributed by atoms with E-state index in [9.17, 15) is 9.18 Å². The summed E-state index contributed by atoms with van der Waals surface area (Å²) in [5, 5.41) is 0. The zero-order valence-electron chi connectivity index (χ0n) is 11.1. The van der Waals surface area contributed by atoms with Crippen molar-refractivity contribution in [2.45, 2.75) is 38.8 Å². The topological polar surface area (TPSA) is 61.5 Å². The van der Waals surface area contributed by atoms with Gasteiger partial charge in [-0.3, -0.25) is 4.79 Å². The fourth-order valence-corrected chi connectivity index (χ4v) is 3.39. The molecule has 1 fully saturated rings. The molecule has 0 spiro atoms. The molecule has 2 aromatic rings. The number of nitrogens with zero attached hydrogens (tertiary/aromatic N) is 1. The Labute approximate surface area is 110 Å². The number of nitrogens with one attached hydrogen (secondary N) is 2. The standard InChI is InChI=1S/C14H18FN3O/c1-3-8-4-9(11(15)7(8)2)10-5-16-13-12(10)17-6-18-14(13)19/h5-9,11,16H,3-4H2,1-2H3,(H,17,18,19)/t7-,8+,9+,11+/m1/s1. The van der Waals surface area contributed by atoms with Gasteiger partial charge in [0.25, 0.3) is 5.56 Å². The maximum Gasteiger partial charge on any atom is 0.275 e. The van der Waals surface area contributed by atoms with Gasteiger partial charge in [0.2, 0.25) is 0 Å². The molecule has 0 saturated heterocycles. The molecule has 0 radical (unpaired) electrons. The van der Waals surface area contributed by atoms with Crippen LogP contribution in [0.1, 0.15) is 38.2 Å². The van der Waals surface area contributed by atoms with Crippen LogP contribution in [0.3, 0.4) is 0 Å². The first-order valence-corrected chi connectivity index (χ1v) is 6.82. The largest absolute Gasteiger partial charge is 0.355 e.